The number of benzene rings is 1. The maximum absolute atomic E-state index is 5.62. The maximum atomic E-state index is 5.62. The average Bonchev–Trinajstić information content (AvgIpc) is 2.50. The van der Waals surface area contributed by atoms with Crippen LogP contribution >= 0.6 is 0 Å². The van der Waals surface area contributed by atoms with Crippen molar-refractivity contribution in [2.45, 2.75) is 38.8 Å². The number of hydrogen-bond donors (Lipinski definition) is 1. The van der Waals surface area contributed by atoms with Gasteiger partial charge in [-0.3, -0.25) is 0 Å². The van der Waals surface area contributed by atoms with Gasteiger partial charge in [0, 0.05) is 13.2 Å². The molecule has 114 valence electrons. The third-order valence-electron chi connectivity index (χ3n) is 3.42. The Kier molecular flexibility index (Phi) is 7.41. The normalized spacial score (nSPS) is 13.8. The largest absolute Gasteiger partial charge is 0.497 e. The maximum Gasteiger partial charge on any atom is 0.122 e. The summed E-state index contributed by atoms with van der Waals surface area (Å²) < 4.78 is 16.3. The highest BCUT2D eigenvalue weighted by molar-refractivity contribution is 5.40. The van der Waals surface area contributed by atoms with E-state index in [4.69, 9.17) is 14.2 Å². The molecule has 0 aliphatic heterocycles. The van der Waals surface area contributed by atoms with E-state index in [9.17, 15) is 0 Å². The summed E-state index contributed by atoms with van der Waals surface area (Å²) in [6.45, 7) is 5.24. The van der Waals surface area contributed by atoms with Crippen LogP contribution in [0.1, 0.15) is 38.3 Å². The molecule has 0 saturated carbocycles. The van der Waals surface area contributed by atoms with E-state index in [2.05, 4.69) is 19.2 Å². The third kappa shape index (κ3) is 4.39. The van der Waals surface area contributed by atoms with Crippen LogP contribution in [0.15, 0.2) is 18.2 Å². The monoisotopic (exact) mass is 281 g/mol. The van der Waals surface area contributed by atoms with Crippen LogP contribution in [0.3, 0.4) is 0 Å². The Morgan fingerprint density at radius 3 is 2.00 bits per heavy atom. The van der Waals surface area contributed by atoms with Gasteiger partial charge in [0.05, 0.1) is 26.4 Å². The summed E-state index contributed by atoms with van der Waals surface area (Å²) in [7, 11) is 5.09. The molecule has 2 unspecified atom stereocenters. The molecule has 0 aromatic heterocycles. The van der Waals surface area contributed by atoms with Crippen molar-refractivity contribution < 1.29 is 14.2 Å². The van der Waals surface area contributed by atoms with Gasteiger partial charge in [-0.1, -0.05) is 13.8 Å². The first-order valence-electron chi connectivity index (χ1n) is 7.19. The number of methoxy groups -OCH3 is 3. The molecular weight excluding hydrogens is 254 g/mol. The van der Waals surface area contributed by atoms with Gasteiger partial charge in [-0.25, -0.2) is 0 Å². The molecule has 0 saturated heterocycles. The standard InChI is InChI=1S/C16H27NO3/c1-6-8-17-16(15(7-2)20-5)12-9-13(18-3)11-14(10-12)19-4/h9-11,15-17H,6-8H2,1-5H3. The fourth-order valence-electron chi connectivity index (χ4n) is 2.31. The Morgan fingerprint density at radius 1 is 1.00 bits per heavy atom. The van der Waals surface area contributed by atoms with E-state index < -0.39 is 0 Å². The van der Waals surface area contributed by atoms with E-state index in [0.29, 0.717) is 0 Å². The van der Waals surface area contributed by atoms with Gasteiger partial charge in [-0.05, 0) is 37.1 Å². The molecular formula is C16H27NO3. The number of hydrogen-bond acceptors (Lipinski definition) is 4. The van der Waals surface area contributed by atoms with Crippen molar-refractivity contribution in [2.75, 3.05) is 27.9 Å². The first-order valence-corrected chi connectivity index (χ1v) is 7.19. The van der Waals surface area contributed by atoms with Crippen molar-refractivity contribution in [3.05, 3.63) is 23.8 Å². The van der Waals surface area contributed by atoms with E-state index in [1.54, 1.807) is 21.3 Å². The Hall–Kier alpha value is -1.26. The fraction of sp³-hybridized carbons (Fsp3) is 0.625. The SMILES string of the molecule is CCCNC(c1cc(OC)cc(OC)c1)C(CC)OC. The Bertz CT molecular complexity index is 369. The molecule has 1 N–H and O–H groups in total. The molecule has 1 rings (SSSR count). The van der Waals surface area contributed by atoms with Crippen molar-refractivity contribution in [3.8, 4) is 11.5 Å². The summed E-state index contributed by atoms with van der Waals surface area (Å²) in [4.78, 5) is 0. The lowest BCUT2D eigenvalue weighted by Gasteiger charge is -2.27. The van der Waals surface area contributed by atoms with E-state index in [1.165, 1.54) is 0 Å². The molecule has 1 aromatic carbocycles. The van der Waals surface area contributed by atoms with E-state index in [-0.39, 0.29) is 12.1 Å². The smallest absolute Gasteiger partial charge is 0.122 e. The molecule has 1 aromatic rings. The number of ether oxygens (including phenoxy) is 3. The third-order valence-corrected chi connectivity index (χ3v) is 3.42. The van der Waals surface area contributed by atoms with Crippen LogP contribution in [0.25, 0.3) is 0 Å². The minimum Gasteiger partial charge on any atom is -0.497 e. The van der Waals surface area contributed by atoms with Crippen molar-refractivity contribution in [2.24, 2.45) is 0 Å². The van der Waals surface area contributed by atoms with Crippen LogP contribution in [0, 0.1) is 0 Å². The van der Waals surface area contributed by atoms with Crippen LogP contribution in [-0.4, -0.2) is 34.0 Å². The molecule has 0 radical (unpaired) electrons. The van der Waals surface area contributed by atoms with Gasteiger partial charge < -0.3 is 19.5 Å². The van der Waals surface area contributed by atoms with Gasteiger partial charge >= 0.3 is 0 Å². The van der Waals surface area contributed by atoms with Crippen LogP contribution in [-0.2, 0) is 4.74 Å². The molecule has 4 heteroatoms. The summed E-state index contributed by atoms with van der Waals surface area (Å²) in [5.41, 5.74) is 1.13. The predicted octanol–water partition coefficient (Wildman–Crippen LogP) is 3.17. The average molecular weight is 281 g/mol. The van der Waals surface area contributed by atoms with Gasteiger partial charge in [-0.15, -0.1) is 0 Å². The minimum absolute atomic E-state index is 0.123. The highest BCUT2D eigenvalue weighted by atomic mass is 16.5. The topological polar surface area (TPSA) is 39.7 Å². The molecule has 0 spiro atoms. The molecule has 20 heavy (non-hydrogen) atoms. The number of rotatable bonds is 9. The van der Waals surface area contributed by atoms with E-state index in [0.717, 1.165) is 36.4 Å². The zero-order valence-electron chi connectivity index (χ0n) is 13.2. The lowest BCUT2D eigenvalue weighted by atomic mass is 9.98. The second-order valence-corrected chi connectivity index (χ2v) is 4.76. The van der Waals surface area contributed by atoms with Gasteiger partial charge in [0.1, 0.15) is 11.5 Å². The van der Waals surface area contributed by atoms with E-state index >= 15 is 0 Å². The first kappa shape index (κ1) is 16.8. The predicted molar refractivity (Wildman–Crippen MR) is 81.7 cm³/mol. The van der Waals surface area contributed by atoms with Gasteiger partial charge in [0.2, 0.25) is 0 Å². The van der Waals surface area contributed by atoms with Crippen LogP contribution in [0.4, 0.5) is 0 Å². The summed E-state index contributed by atoms with van der Waals surface area (Å²) in [5.74, 6) is 1.60. The summed E-state index contributed by atoms with van der Waals surface area (Å²) >= 11 is 0. The fourth-order valence-corrected chi connectivity index (χ4v) is 2.31. The van der Waals surface area contributed by atoms with Crippen molar-refractivity contribution in [3.63, 3.8) is 0 Å². The Labute approximate surface area is 122 Å². The highest BCUT2D eigenvalue weighted by Gasteiger charge is 2.22. The lowest BCUT2D eigenvalue weighted by Crippen LogP contribution is -2.33. The first-order chi connectivity index (χ1) is 9.69. The quantitative estimate of drug-likeness (QED) is 0.754. The lowest BCUT2D eigenvalue weighted by molar-refractivity contribution is 0.0649. The molecule has 0 bridgehead atoms. The minimum atomic E-state index is 0.123. The van der Waals surface area contributed by atoms with Gasteiger partial charge in [0.25, 0.3) is 0 Å². The second-order valence-electron chi connectivity index (χ2n) is 4.76. The summed E-state index contributed by atoms with van der Waals surface area (Å²) in [5, 5.41) is 3.55. The zero-order chi connectivity index (χ0) is 15.0. The Morgan fingerprint density at radius 2 is 1.60 bits per heavy atom. The molecule has 0 aliphatic carbocycles. The van der Waals surface area contributed by atoms with Gasteiger partial charge in [0.15, 0.2) is 0 Å². The zero-order valence-corrected chi connectivity index (χ0v) is 13.2. The molecule has 0 aliphatic rings. The molecule has 2 atom stereocenters. The second kappa shape index (κ2) is 8.82. The van der Waals surface area contributed by atoms with Crippen LogP contribution in [0.5, 0.6) is 11.5 Å². The summed E-state index contributed by atoms with van der Waals surface area (Å²) in [6, 6.07) is 6.09. The van der Waals surface area contributed by atoms with Crippen molar-refractivity contribution >= 4 is 0 Å². The number of nitrogens with one attached hydrogen (secondary N) is 1. The molecule has 0 amide bonds. The Balaban J connectivity index is 3.10. The van der Waals surface area contributed by atoms with Crippen LogP contribution < -0.4 is 14.8 Å². The highest BCUT2D eigenvalue weighted by Crippen LogP contribution is 2.29. The molecule has 4 nitrogen and oxygen atoms in total. The molecule has 0 fully saturated rings. The van der Waals surface area contributed by atoms with E-state index in [1.807, 2.05) is 18.2 Å². The summed E-state index contributed by atoms with van der Waals surface area (Å²) in [6.07, 6.45) is 2.15. The van der Waals surface area contributed by atoms with Gasteiger partial charge in [-0.2, -0.15) is 0 Å². The van der Waals surface area contributed by atoms with Crippen molar-refractivity contribution in [1.82, 2.24) is 5.32 Å². The molecule has 0 heterocycles. The van der Waals surface area contributed by atoms with Crippen LogP contribution in [0.2, 0.25) is 0 Å². The van der Waals surface area contributed by atoms with Crippen molar-refractivity contribution in [1.29, 1.82) is 0 Å².